The second kappa shape index (κ2) is 8.55. The number of ether oxygens (including phenoxy) is 1. The lowest BCUT2D eigenvalue weighted by Crippen LogP contribution is -2.41. The number of allylic oxidation sites excluding steroid dienone is 1. The molecule has 0 bridgehead atoms. The van der Waals surface area contributed by atoms with Crippen molar-refractivity contribution in [3.05, 3.63) is 79.3 Å². The van der Waals surface area contributed by atoms with Gasteiger partial charge >= 0.3 is 5.69 Å². The number of rotatable bonds is 6. The molecule has 1 aromatic heterocycles. The Bertz CT molecular complexity index is 1260. The molecule has 4 rings (SSSR count). The lowest BCUT2D eigenvalue weighted by atomic mass is 9.83. The van der Waals surface area contributed by atoms with Crippen LogP contribution >= 0.6 is 15.9 Å². The lowest BCUT2D eigenvalue weighted by Gasteiger charge is -2.28. The molecule has 32 heavy (non-hydrogen) atoms. The van der Waals surface area contributed by atoms with Gasteiger partial charge in [-0.1, -0.05) is 41.1 Å². The molecular formula is C23H27BrN6O2. The van der Waals surface area contributed by atoms with Gasteiger partial charge in [-0.05, 0) is 72.5 Å². The second-order valence-corrected chi connectivity index (χ2v) is 8.99. The lowest BCUT2D eigenvalue weighted by molar-refractivity contribution is 0.302. The van der Waals surface area contributed by atoms with Crippen LogP contribution in [0.25, 0.3) is 5.69 Å². The van der Waals surface area contributed by atoms with E-state index in [1.165, 1.54) is 26.2 Å². The van der Waals surface area contributed by atoms with E-state index in [-0.39, 0.29) is 17.8 Å². The fourth-order valence-corrected chi connectivity index (χ4v) is 4.71. The van der Waals surface area contributed by atoms with Crippen molar-refractivity contribution < 1.29 is 4.74 Å². The van der Waals surface area contributed by atoms with E-state index >= 15 is 0 Å². The van der Waals surface area contributed by atoms with Crippen LogP contribution in [0.4, 0.5) is 0 Å². The molecule has 168 valence electrons. The highest BCUT2D eigenvalue weighted by Gasteiger charge is 2.36. The summed E-state index contributed by atoms with van der Waals surface area (Å²) in [6, 6.07) is 11.9. The van der Waals surface area contributed by atoms with E-state index in [2.05, 4.69) is 70.1 Å². The summed E-state index contributed by atoms with van der Waals surface area (Å²) in [5.74, 6) is 0.787. The summed E-state index contributed by atoms with van der Waals surface area (Å²) in [4.78, 5) is 12.4. The van der Waals surface area contributed by atoms with Crippen molar-refractivity contribution in [1.29, 1.82) is 0 Å². The summed E-state index contributed by atoms with van der Waals surface area (Å²) < 4.78 is 9.50. The molecule has 1 unspecified atom stereocenters. The average Bonchev–Trinajstić information content (AvgIpc) is 3.26. The van der Waals surface area contributed by atoms with Gasteiger partial charge in [0, 0.05) is 22.8 Å². The quantitative estimate of drug-likeness (QED) is 0.539. The number of nitrogens with zero attached hydrogens (tertiary/aromatic N) is 4. The third kappa shape index (κ3) is 3.75. The summed E-state index contributed by atoms with van der Waals surface area (Å²) in [5, 5.41) is 7.78. The second-order valence-electron chi connectivity index (χ2n) is 8.14. The van der Waals surface area contributed by atoms with Gasteiger partial charge in [0.1, 0.15) is 12.4 Å². The maximum absolute atomic E-state index is 12.4. The fraction of sp³-hybridized carbons (Fsp3) is 0.348. The Kier molecular flexibility index (Phi) is 5.96. The third-order valence-electron chi connectivity index (χ3n) is 6.08. The zero-order valence-electron chi connectivity index (χ0n) is 18.9. The van der Waals surface area contributed by atoms with E-state index in [9.17, 15) is 4.79 Å². The smallest absolute Gasteiger partial charge is 0.368 e. The molecule has 0 saturated carbocycles. The first-order valence-corrected chi connectivity index (χ1v) is 11.3. The normalized spacial score (nSPS) is 18.2. The number of hydrogen-bond acceptors (Lipinski definition) is 6. The first-order valence-electron chi connectivity index (χ1n) is 10.5. The highest BCUT2D eigenvalue weighted by atomic mass is 79.9. The minimum atomic E-state index is -0.314. The van der Waals surface area contributed by atoms with Crippen LogP contribution < -0.4 is 21.3 Å². The standard InChI is InChI=1S/C23H27BrN6O2/c1-6-18-15(3)25-26-23(18,4)16-10-11-21(14(2)12-16)32-13-17-19(24)8-7-9-20(17)30-22(31)29(5)27-28-30/h7-12,25-26H,6,13H2,1-5H3. The molecule has 2 aromatic carbocycles. The Morgan fingerprint density at radius 3 is 2.62 bits per heavy atom. The molecule has 3 aromatic rings. The molecule has 0 spiro atoms. The molecule has 0 radical (unpaired) electrons. The first kappa shape index (κ1) is 22.3. The monoisotopic (exact) mass is 498 g/mol. The van der Waals surface area contributed by atoms with Crippen molar-refractivity contribution in [2.24, 2.45) is 7.05 Å². The van der Waals surface area contributed by atoms with Gasteiger partial charge < -0.3 is 10.2 Å². The molecule has 8 nitrogen and oxygen atoms in total. The minimum Gasteiger partial charge on any atom is -0.489 e. The number of nitrogens with one attached hydrogen (secondary N) is 2. The van der Waals surface area contributed by atoms with Gasteiger partial charge in [-0.25, -0.2) is 10.2 Å². The number of halogens is 1. The minimum absolute atomic E-state index is 0.259. The number of hydrazine groups is 1. The summed E-state index contributed by atoms with van der Waals surface area (Å²) in [7, 11) is 1.57. The number of tetrazole rings is 1. The molecule has 0 aliphatic carbocycles. The van der Waals surface area contributed by atoms with Crippen LogP contribution in [-0.4, -0.2) is 19.8 Å². The molecule has 2 N–H and O–H groups in total. The number of hydrogen-bond donors (Lipinski definition) is 2. The molecule has 0 saturated heterocycles. The highest BCUT2D eigenvalue weighted by molar-refractivity contribution is 9.10. The Labute approximate surface area is 195 Å². The van der Waals surface area contributed by atoms with E-state index in [4.69, 9.17) is 4.74 Å². The zero-order chi connectivity index (χ0) is 23.0. The van der Waals surface area contributed by atoms with Gasteiger partial charge in [0.15, 0.2) is 0 Å². The van der Waals surface area contributed by atoms with Crippen molar-refractivity contribution in [3.63, 3.8) is 0 Å². The fourth-order valence-electron chi connectivity index (χ4n) is 4.24. The SMILES string of the molecule is CCC1=C(C)NNC1(C)c1ccc(OCc2c(Br)cccc2-n2nnn(C)c2=O)c(C)c1. The van der Waals surface area contributed by atoms with Crippen molar-refractivity contribution in [2.45, 2.75) is 46.3 Å². The molecule has 1 atom stereocenters. The molecular weight excluding hydrogens is 472 g/mol. The van der Waals surface area contributed by atoms with Gasteiger partial charge in [0.25, 0.3) is 0 Å². The zero-order valence-corrected chi connectivity index (χ0v) is 20.4. The van der Waals surface area contributed by atoms with Gasteiger partial charge in [-0.15, -0.1) is 0 Å². The van der Waals surface area contributed by atoms with E-state index in [0.29, 0.717) is 5.69 Å². The highest BCUT2D eigenvalue weighted by Crippen LogP contribution is 2.37. The van der Waals surface area contributed by atoms with Crippen molar-refractivity contribution in [2.75, 3.05) is 0 Å². The van der Waals surface area contributed by atoms with E-state index in [1.807, 2.05) is 31.2 Å². The van der Waals surface area contributed by atoms with Crippen LogP contribution in [0.5, 0.6) is 5.75 Å². The van der Waals surface area contributed by atoms with E-state index < -0.39 is 0 Å². The number of aromatic nitrogens is 4. The van der Waals surface area contributed by atoms with Gasteiger partial charge in [-0.3, -0.25) is 0 Å². The topological polar surface area (TPSA) is 86.0 Å². The summed E-state index contributed by atoms with van der Waals surface area (Å²) in [5.41, 5.74) is 12.3. The average molecular weight is 499 g/mol. The van der Waals surface area contributed by atoms with Crippen LogP contribution in [0, 0.1) is 6.92 Å². The van der Waals surface area contributed by atoms with Gasteiger partial charge in [-0.2, -0.15) is 9.36 Å². The Hall–Kier alpha value is -2.91. The number of benzene rings is 2. The van der Waals surface area contributed by atoms with Crippen LogP contribution in [0.1, 0.15) is 43.9 Å². The molecule has 0 amide bonds. The van der Waals surface area contributed by atoms with E-state index in [1.54, 1.807) is 7.05 Å². The van der Waals surface area contributed by atoms with Crippen LogP contribution in [0.15, 0.2) is 56.9 Å². The molecule has 1 aliphatic heterocycles. The van der Waals surface area contributed by atoms with Crippen molar-refractivity contribution in [1.82, 2.24) is 30.6 Å². The largest absolute Gasteiger partial charge is 0.489 e. The summed E-state index contributed by atoms with van der Waals surface area (Å²) >= 11 is 3.58. The van der Waals surface area contributed by atoms with Gasteiger partial charge in [0.2, 0.25) is 0 Å². The molecule has 9 heteroatoms. The van der Waals surface area contributed by atoms with Crippen LogP contribution in [0.2, 0.25) is 0 Å². The van der Waals surface area contributed by atoms with E-state index in [0.717, 1.165) is 27.8 Å². The van der Waals surface area contributed by atoms with Crippen molar-refractivity contribution >= 4 is 15.9 Å². The Morgan fingerprint density at radius 2 is 1.97 bits per heavy atom. The summed E-state index contributed by atoms with van der Waals surface area (Å²) in [6.45, 7) is 8.78. The summed E-state index contributed by atoms with van der Waals surface area (Å²) in [6.07, 6.45) is 0.964. The molecule has 0 fully saturated rings. The number of aryl methyl sites for hydroxylation is 2. The van der Waals surface area contributed by atoms with Crippen molar-refractivity contribution in [3.8, 4) is 11.4 Å². The van der Waals surface area contributed by atoms with Gasteiger partial charge in [0.05, 0.1) is 11.2 Å². The Balaban J connectivity index is 1.61. The molecule has 2 heterocycles. The predicted molar refractivity (Wildman–Crippen MR) is 126 cm³/mol. The first-order chi connectivity index (χ1) is 15.3. The maximum atomic E-state index is 12.4. The maximum Gasteiger partial charge on any atom is 0.368 e. The van der Waals surface area contributed by atoms with Crippen LogP contribution in [-0.2, 0) is 19.2 Å². The molecule has 1 aliphatic rings. The van der Waals surface area contributed by atoms with Crippen LogP contribution in [0.3, 0.4) is 0 Å². The third-order valence-corrected chi connectivity index (χ3v) is 6.82. The Morgan fingerprint density at radius 1 is 1.19 bits per heavy atom. The predicted octanol–water partition coefficient (Wildman–Crippen LogP) is 3.62.